The second-order valence-corrected chi connectivity index (χ2v) is 3.52. The highest BCUT2D eigenvalue weighted by Gasteiger charge is 2.07. The van der Waals surface area contributed by atoms with Crippen molar-refractivity contribution in [1.29, 1.82) is 5.26 Å². The predicted octanol–water partition coefficient (Wildman–Crippen LogP) is 1.24. The number of rotatable bonds is 4. The minimum Gasteiger partial charge on any atom is -0.481 e. The number of nitrogens with two attached hydrogens (primary N) is 1. The number of carboxylic acids is 2. The first-order chi connectivity index (χ1) is 8.95. The molecule has 0 saturated heterocycles. The molecule has 0 radical (unpaired) electrons. The van der Waals surface area contributed by atoms with Crippen LogP contribution in [-0.2, 0) is 14.4 Å². The highest BCUT2D eigenvalue weighted by molar-refractivity contribution is 5.91. The Hall–Kier alpha value is -2.88. The largest absolute Gasteiger partial charge is 0.481 e. The van der Waals surface area contributed by atoms with Gasteiger partial charge in [0.1, 0.15) is 0 Å². The van der Waals surface area contributed by atoms with Crippen LogP contribution in [0, 0.1) is 11.3 Å². The van der Waals surface area contributed by atoms with Gasteiger partial charge in [0.25, 0.3) is 0 Å². The quantitative estimate of drug-likeness (QED) is 0.523. The molecule has 110 valence electrons. The van der Waals surface area contributed by atoms with Gasteiger partial charge < -0.3 is 15.9 Å². The maximum atomic E-state index is 9.87. The van der Waals surface area contributed by atoms with E-state index in [-0.39, 0.29) is 5.57 Å². The molecule has 1 amide bonds. The Balaban J connectivity index is -0.000000230. The zero-order valence-electron chi connectivity index (χ0n) is 11.5. The maximum Gasteiger partial charge on any atom is 0.331 e. The van der Waals surface area contributed by atoms with E-state index < -0.39 is 24.3 Å². The zero-order valence-corrected chi connectivity index (χ0v) is 11.5. The van der Waals surface area contributed by atoms with Gasteiger partial charge in [-0.2, -0.15) is 5.26 Å². The minimum absolute atomic E-state index is 0.303. The van der Waals surface area contributed by atoms with Crippen LogP contribution in [0.2, 0.25) is 0 Å². The molecule has 0 aromatic rings. The van der Waals surface area contributed by atoms with E-state index in [9.17, 15) is 14.4 Å². The summed E-state index contributed by atoms with van der Waals surface area (Å²) in [5.41, 5.74) is 5.35. The number of amides is 1. The van der Waals surface area contributed by atoms with Crippen molar-refractivity contribution in [2.75, 3.05) is 0 Å². The Kier molecular flexibility index (Phi) is 14.0. The molecule has 0 rings (SSSR count). The molecule has 0 saturated carbocycles. The normalized spacial score (nSPS) is 7.45. The monoisotopic (exact) mass is 282 g/mol. The summed E-state index contributed by atoms with van der Waals surface area (Å²) in [6.07, 6.45) is -0.505. The topological polar surface area (TPSA) is 141 Å². The molecule has 0 heterocycles. The van der Waals surface area contributed by atoms with E-state index in [0.717, 1.165) is 0 Å². The van der Waals surface area contributed by atoms with Crippen molar-refractivity contribution >= 4 is 17.8 Å². The smallest absolute Gasteiger partial charge is 0.331 e. The molecule has 0 aliphatic carbocycles. The first-order valence-corrected chi connectivity index (χ1v) is 5.09. The van der Waals surface area contributed by atoms with E-state index in [1.807, 2.05) is 6.07 Å². The summed E-state index contributed by atoms with van der Waals surface area (Å²) in [6.45, 7) is 12.8. The third-order valence-electron chi connectivity index (χ3n) is 1.28. The van der Waals surface area contributed by atoms with Crippen molar-refractivity contribution in [1.82, 2.24) is 0 Å². The Labute approximate surface area is 117 Å². The van der Waals surface area contributed by atoms with Gasteiger partial charge in [0.15, 0.2) is 0 Å². The fourth-order valence-electron chi connectivity index (χ4n) is 0.258. The van der Waals surface area contributed by atoms with Crippen molar-refractivity contribution in [2.45, 2.75) is 20.3 Å². The van der Waals surface area contributed by atoms with Crippen LogP contribution in [0.4, 0.5) is 0 Å². The molecule has 0 fully saturated rings. The molecule has 20 heavy (non-hydrogen) atoms. The molecule has 7 heteroatoms. The Morgan fingerprint density at radius 2 is 1.45 bits per heavy atom. The van der Waals surface area contributed by atoms with Crippen LogP contribution in [0.15, 0.2) is 36.5 Å². The molecule has 0 aromatic carbocycles. The SMILES string of the molecule is C=C(C)C#N.C=C(C)C(N)=O.C=C(CC(=O)O)C(=O)O. The van der Waals surface area contributed by atoms with E-state index in [0.29, 0.717) is 11.1 Å². The van der Waals surface area contributed by atoms with Crippen LogP contribution >= 0.6 is 0 Å². The van der Waals surface area contributed by atoms with Crippen molar-refractivity contribution in [2.24, 2.45) is 5.73 Å². The van der Waals surface area contributed by atoms with Crippen LogP contribution < -0.4 is 5.73 Å². The van der Waals surface area contributed by atoms with Gasteiger partial charge >= 0.3 is 11.9 Å². The minimum atomic E-state index is -1.27. The van der Waals surface area contributed by atoms with Gasteiger partial charge in [0.05, 0.1) is 12.5 Å². The number of carbonyl (C=O) groups is 3. The van der Waals surface area contributed by atoms with Gasteiger partial charge in [0, 0.05) is 16.7 Å². The first kappa shape index (κ1) is 22.3. The molecule has 0 aromatic heterocycles. The standard InChI is InChI=1S/C5H6O4.C4H7NO.C4H5N/c1-3(5(8)9)2-4(6)7;1-3(2)4(5)6;1-4(2)3-5/h1-2H2,(H,6,7)(H,8,9);1H2,2H3,(H2,5,6);1H2,2H3. The van der Waals surface area contributed by atoms with Crippen molar-refractivity contribution < 1.29 is 24.6 Å². The average Bonchev–Trinajstić information content (AvgIpc) is 2.29. The third-order valence-corrected chi connectivity index (χ3v) is 1.28. The molecule has 0 spiro atoms. The highest BCUT2D eigenvalue weighted by Crippen LogP contribution is 1.95. The molecule has 0 bridgehead atoms. The van der Waals surface area contributed by atoms with Crippen LogP contribution in [0.25, 0.3) is 0 Å². The summed E-state index contributed by atoms with van der Waals surface area (Å²) in [4.78, 5) is 29.5. The van der Waals surface area contributed by atoms with Crippen molar-refractivity contribution in [3.63, 3.8) is 0 Å². The fourth-order valence-corrected chi connectivity index (χ4v) is 0.258. The summed E-state index contributed by atoms with van der Waals surface area (Å²) >= 11 is 0. The van der Waals surface area contributed by atoms with Gasteiger partial charge in [0.2, 0.25) is 5.91 Å². The van der Waals surface area contributed by atoms with Gasteiger partial charge in [-0.05, 0) is 13.8 Å². The van der Waals surface area contributed by atoms with E-state index in [1.165, 1.54) is 0 Å². The molecular weight excluding hydrogens is 264 g/mol. The van der Waals surface area contributed by atoms with Crippen molar-refractivity contribution in [3.8, 4) is 6.07 Å². The molecular formula is C13H18N2O5. The Morgan fingerprint density at radius 1 is 1.15 bits per heavy atom. The summed E-state index contributed by atoms with van der Waals surface area (Å²) in [6, 6.07) is 1.83. The lowest BCUT2D eigenvalue weighted by Crippen LogP contribution is -2.10. The Bertz CT molecular complexity index is 446. The number of nitriles is 1. The van der Waals surface area contributed by atoms with Gasteiger partial charge in [-0.3, -0.25) is 9.59 Å². The fraction of sp³-hybridized carbons (Fsp3) is 0.231. The Morgan fingerprint density at radius 3 is 1.50 bits per heavy atom. The third kappa shape index (κ3) is 24.4. The van der Waals surface area contributed by atoms with Crippen LogP contribution in [0.1, 0.15) is 20.3 Å². The molecule has 0 aliphatic rings. The predicted molar refractivity (Wildman–Crippen MR) is 73.5 cm³/mol. The van der Waals surface area contributed by atoms with Crippen LogP contribution in [0.5, 0.6) is 0 Å². The second kappa shape index (κ2) is 12.6. The molecule has 4 N–H and O–H groups in total. The molecule has 0 atom stereocenters. The van der Waals surface area contributed by atoms with Crippen LogP contribution in [0.3, 0.4) is 0 Å². The lowest BCUT2D eigenvalue weighted by Gasteiger charge is -1.91. The van der Waals surface area contributed by atoms with E-state index in [1.54, 1.807) is 13.8 Å². The summed E-state index contributed by atoms with van der Waals surface area (Å²) in [5, 5.41) is 23.9. The highest BCUT2D eigenvalue weighted by atomic mass is 16.4. The van der Waals surface area contributed by atoms with Crippen LogP contribution in [-0.4, -0.2) is 28.1 Å². The molecule has 0 aliphatic heterocycles. The lowest BCUT2D eigenvalue weighted by atomic mass is 10.2. The van der Waals surface area contributed by atoms with E-state index >= 15 is 0 Å². The zero-order chi connectivity index (χ0) is 16.9. The number of aliphatic carboxylic acids is 2. The summed E-state index contributed by atoms with van der Waals surface area (Å²) in [7, 11) is 0. The van der Waals surface area contributed by atoms with E-state index in [2.05, 4.69) is 19.7 Å². The number of primary amides is 1. The number of carboxylic acid groups (broad SMARTS) is 2. The number of hydrogen-bond donors (Lipinski definition) is 3. The van der Waals surface area contributed by atoms with Gasteiger partial charge in [-0.1, -0.05) is 19.7 Å². The summed E-state index contributed by atoms with van der Waals surface area (Å²) in [5.74, 6) is -2.88. The average molecular weight is 282 g/mol. The van der Waals surface area contributed by atoms with Gasteiger partial charge in [-0.25, -0.2) is 4.79 Å². The van der Waals surface area contributed by atoms with Crippen molar-refractivity contribution in [3.05, 3.63) is 36.5 Å². The van der Waals surface area contributed by atoms with Gasteiger partial charge in [-0.15, -0.1) is 0 Å². The second-order valence-electron chi connectivity index (χ2n) is 3.52. The maximum absolute atomic E-state index is 9.87. The number of allylic oxidation sites excluding steroid dienone is 1. The van der Waals surface area contributed by atoms with E-state index in [4.69, 9.17) is 21.2 Å². The lowest BCUT2D eigenvalue weighted by molar-refractivity contribution is -0.139. The number of carbonyl (C=O) groups excluding carboxylic acids is 1. The number of hydrogen-bond acceptors (Lipinski definition) is 4. The molecule has 7 nitrogen and oxygen atoms in total. The first-order valence-electron chi connectivity index (χ1n) is 5.09. The molecule has 0 unspecified atom stereocenters. The summed E-state index contributed by atoms with van der Waals surface area (Å²) < 4.78 is 0. The number of nitrogens with zero attached hydrogens (tertiary/aromatic N) is 1.